The molecular formula is C23H28N4O. The number of rotatable bonds is 8. The summed E-state index contributed by atoms with van der Waals surface area (Å²) in [6.45, 7) is 5.51. The number of nitrogens with two attached hydrogens (primary N) is 1. The van der Waals surface area contributed by atoms with Crippen molar-refractivity contribution in [2.75, 3.05) is 6.54 Å². The molecule has 5 nitrogen and oxygen atoms in total. The fourth-order valence-electron chi connectivity index (χ4n) is 3.38. The molecular weight excluding hydrogens is 348 g/mol. The lowest BCUT2D eigenvalue weighted by atomic mass is 10.1. The van der Waals surface area contributed by atoms with E-state index in [0.717, 1.165) is 18.7 Å². The van der Waals surface area contributed by atoms with Gasteiger partial charge in [-0.25, -0.2) is 4.98 Å². The summed E-state index contributed by atoms with van der Waals surface area (Å²) >= 11 is 0. The second-order valence-corrected chi connectivity index (χ2v) is 7.37. The zero-order valence-electron chi connectivity index (χ0n) is 16.6. The Morgan fingerprint density at radius 3 is 2.54 bits per heavy atom. The van der Waals surface area contributed by atoms with E-state index in [1.54, 1.807) is 6.33 Å². The van der Waals surface area contributed by atoms with Gasteiger partial charge in [-0.3, -0.25) is 4.79 Å². The summed E-state index contributed by atoms with van der Waals surface area (Å²) in [5.74, 6) is -0.137. The molecule has 3 rings (SSSR count). The Bertz CT molecular complexity index is 897. The SMILES string of the molecule is Cc1cc(C)cc(CCNC(=O)[C@@H](N)Cc2cn(Cc3ccccc3)cn2)c1. The molecule has 0 spiro atoms. The number of nitrogens with zero attached hydrogens (tertiary/aromatic N) is 2. The van der Waals surface area contributed by atoms with Crippen LogP contribution in [0.25, 0.3) is 0 Å². The number of nitrogens with one attached hydrogen (secondary N) is 1. The molecule has 1 heterocycles. The maximum atomic E-state index is 12.3. The smallest absolute Gasteiger partial charge is 0.237 e. The molecule has 146 valence electrons. The van der Waals surface area contributed by atoms with Gasteiger partial charge < -0.3 is 15.6 Å². The van der Waals surface area contributed by atoms with E-state index >= 15 is 0 Å². The second-order valence-electron chi connectivity index (χ2n) is 7.37. The molecule has 1 atom stereocenters. The Morgan fingerprint density at radius 1 is 1.11 bits per heavy atom. The first-order valence-corrected chi connectivity index (χ1v) is 9.64. The van der Waals surface area contributed by atoms with E-state index in [1.807, 2.05) is 29.0 Å². The fourth-order valence-corrected chi connectivity index (χ4v) is 3.38. The second kappa shape index (κ2) is 9.33. The molecule has 0 unspecified atom stereocenters. The largest absolute Gasteiger partial charge is 0.354 e. The van der Waals surface area contributed by atoms with Gasteiger partial charge in [0.15, 0.2) is 0 Å². The lowest BCUT2D eigenvalue weighted by molar-refractivity contribution is -0.122. The van der Waals surface area contributed by atoms with Gasteiger partial charge in [0.25, 0.3) is 0 Å². The lowest BCUT2D eigenvalue weighted by Crippen LogP contribution is -2.42. The van der Waals surface area contributed by atoms with Gasteiger partial charge in [-0.15, -0.1) is 0 Å². The van der Waals surface area contributed by atoms with Crippen LogP contribution in [0.2, 0.25) is 0 Å². The first kappa shape index (κ1) is 19.8. The molecule has 2 aromatic carbocycles. The zero-order valence-corrected chi connectivity index (χ0v) is 16.6. The van der Waals surface area contributed by atoms with E-state index in [1.165, 1.54) is 22.3 Å². The molecule has 0 saturated carbocycles. The summed E-state index contributed by atoms with van der Waals surface area (Å²) in [6, 6.07) is 16.0. The van der Waals surface area contributed by atoms with Crippen molar-refractivity contribution in [1.29, 1.82) is 0 Å². The topological polar surface area (TPSA) is 72.9 Å². The third-order valence-electron chi connectivity index (χ3n) is 4.65. The summed E-state index contributed by atoms with van der Waals surface area (Å²) in [5.41, 5.74) is 11.8. The number of carbonyl (C=O) groups excluding carboxylic acids is 1. The molecule has 0 bridgehead atoms. The minimum absolute atomic E-state index is 0.137. The van der Waals surface area contributed by atoms with Gasteiger partial charge in [0.1, 0.15) is 0 Å². The molecule has 5 heteroatoms. The average Bonchev–Trinajstić information content (AvgIpc) is 3.08. The summed E-state index contributed by atoms with van der Waals surface area (Å²) in [4.78, 5) is 16.7. The predicted molar refractivity (Wildman–Crippen MR) is 112 cm³/mol. The van der Waals surface area contributed by atoms with Crippen LogP contribution in [-0.2, 0) is 24.2 Å². The molecule has 1 amide bonds. The monoisotopic (exact) mass is 376 g/mol. The van der Waals surface area contributed by atoms with Gasteiger partial charge >= 0.3 is 0 Å². The Hall–Kier alpha value is -2.92. The highest BCUT2D eigenvalue weighted by molar-refractivity contribution is 5.81. The van der Waals surface area contributed by atoms with Gasteiger partial charge in [-0.2, -0.15) is 0 Å². The van der Waals surface area contributed by atoms with Gasteiger partial charge in [0.05, 0.1) is 18.1 Å². The molecule has 0 aliphatic rings. The van der Waals surface area contributed by atoms with Crippen molar-refractivity contribution in [2.24, 2.45) is 5.73 Å². The number of carbonyl (C=O) groups is 1. The Kier molecular flexibility index (Phi) is 6.61. The van der Waals surface area contributed by atoms with E-state index in [2.05, 4.69) is 54.5 Å². The third-order valence-corrected chi connectivity index (χ3v) is 4.65. The van der Waals surface area contributed by atoms with E-state index in [0.29, 0.717) is 13.0 Å². The van der Waals surface area contributed by atoms with Crippen LogP contribution in [0, 0.1) is 13.8 Å². The van der Waals surface area contributed by atoms with Gasteiger partial charge in [0.2, 0.25) is 5.91 Å². The predicted octanol–water partition coefficient (Wildman–Crippen LogP) is 2.78. The zero-order chi connectivity index (χ0) is 19.9. The van der Waals surface area contributed by atoms with Crippen LogP contribution in [0.5, 0.6) is 0 Å². The highest BCUT2D eigenvalue weighted by atomic mass is 16.2. The van der Waals surface area contributed by atoms with Crippen molar-refractivity contribution in [2.45, 2.75) is 39.3 Å². The molecule has 0 fully saturated rings. The van der Waals surface area contributed by atoms with Crippen LogP contribution in [0.15, 0.2) is 61.1 Å². The quantitative estimate of drug-likeness (QED) is 0.635. The Balaban J connectivity index is 1.46. The fraction of sp³-hybridized carbons (Fsp3) is 0.304. The first-order chi connectivity index (χ1) is 13.5. The number of imidazole rings is 1. The Labute approximate surface area is 166 Å². The van der Waals surface area contributed by atoms with Crippen molar-refractivity contribution in [3.8, 4) is 0 Å². The van der Waals surface area contributed by atoms with E-state index in [4.69, 9.17) is 5.73 Å². The summed E-state index contributed by atoms with van der Waals surface area (Å²) < 4.78 is 2.01. The van der Waals surface area contributed by atoms with E-state index in [-0.39, 0.29) is 5.91 Å². The number of amides is 1. The van der Waals surface area contributed by atoms with Crippen molar-refractivity contribution in [3.05, 3.63) is 89.0 Å². The number of benzene rings is 2. The third kappa shape index (κ3) is 5.79. The van der Waals surface area contributed by atoms with Gasteiger partial charge in [-0.1, -0.05) is 59.7 Å². The molecule has 1 aromatic heterocycles. The molecule has 28 heavy (non-hydrogen) atoms. The number of aryl methyl sites for hydroxylation is 2. The van der Waals surface area contributed by atoms with Crippen LogP contribution >= 0.6 is 0 Å². The maximum Gasteiger partial charge on any atom is 0.237 e. The summed E-state index contributed by atoms with van der Waals surface area (Å²) in [5, 5.41) is 2.94. The Morgan fingerprint density at radius 2 is 1.82 bits per heavy atom. The number of hydrogen-bond acceptors (Lipinski definition) is 3. The van der Waals surface area contributed by atoms with Crippen LogP contribution in [0.4, 0.5) is 0 Å². The molecule has 3 aromatic rings. The molecule has 3 N–H and O–H groups in total. The number of hydrogen-bond donors (Lipinski definition) is 2. The minimum Gasteiger partial charge on any atom is -0.354 e. The molecule has 0 aliphatic heterocycles. The summed E-state index contributed by atoms with van der Waals surface area (Å²) in [7, 11) is 0. The highest BCUT2D eigenvalue weighted by Gasteiger charge is 2.15. The van der Waals surface area contributed by atoms with Crippen molar-refractivity contribution in [3.63, 3.8) is 0 Å². The van der Waals surface area contributed by atoms with Crippen LogP contribution in [-0.4, -0.2) is 28.0 Å². The van der Waals surface area contributed by atoms with E-state index < -0.39 is 6.04 Å². The standard InChI is InChI=1S/C23H28N4O/c1-17-10-18(2)12-20(11-17)8-9-25-23(28)22(24)13-21-15-27(16-26-21)14-19-6-4-3-5-7-19/h3-7,10-12,15-16,22H,8-9,13-14,24H2,1-2H3,(H,25,28)/t22-/m0/s1. The molecule has 0 aliphatic carbocycles. The molecule has 0 saturated heterocycles. The van der Waals surface area contributed by atoms with Gasteiger partial charge in [-0.05, 0) is 31.4 Å². The summed E-state index contributed by atoms with van der Waals surface area (Å²) in [6.07, 6.45) is 4.96. The lowest BCUT2D eigenvalue weighted by Gasteiger charge is -2.11. The minimum atomic E-state index is -0.598. The van der Waals surface area contributed by atoms with Gasteiger partial charge in [0, 0.05) is 25.7 Å². The van der Waals surface area contributed by atoms with E-state index in [9.17, 15) is 4.79 Å². The highest BCUT2D eigenvalue weighted by Crippen LogP contribution is 2.09. The number of aromatic nitrogens is 2. The van der Waals surface area contributed by atoms with Crippen LogP contribution in [0.1, 0.15) is 27.9 Å². The molecule has 0 radical (unpaired) electrons. The van der Waals surface area contributed by atoms with Crippen molar-refractivity contribution >= 4 is 5.91 Å². The maximum absolute atomic E-state index is 12.3. The van der Waals surface area contributed by atoms with Crippen molar-refractivity contribution < 1.29 is 4.79 Å². The van der Waals surface area contributed by atoms with Crippen LogP contribution < -0.4 is 11.1 Å². The van der Waals surface area contributed by atoms with Crippen LogP contribution in [0.3, 0.4) is 0 Å². The normalized spacial score (nSPS) is 12.0. The average molecular weight is 377 g/mol. The van der Waals surface area contributed by atoms with Crippen molar-refractivity contribution in [1.82, 2.24) is 14.9 Å². The first-order valence-electron chi connectivity index (χ1n) is 9.64.